The number of pyridine rings is 2. The fourth-order valence-corrected chi connectivity index (χ4v) is 3.79. The van der Waals surface area contributed by atoms with Gasteiger partial charge in [0.25, 0.3) is 17.4 Å². The van der Waals surface area contributed by atoms with Crippen LogP contribution in [0.3, 0.4) is 0 Å². The number of hydrogen-bond donors (Lipinski definition) is 4. The van der Waals surface area contributed by atoms with E-state index in [0.29, 0.717) is 11.1 Å². The van der Waals surface area contributed by atoms with Crippen molar-refractivity contribution < 1.29 is 28.2 Å². The molecule has 4 N–H and O–H groups in total. The molecular formula is C22H21F3N4O4. The molecule has 1 unspecified atom stereocenters. The van der Waals surface area contributed by atoms with Crippen molar-refractivity contribution in [3.8, 4) is 5.75 Å². The molecule has 1 amide bonds. The fraction of sp³-hybridized carbons (Fsp3) is 0.318. The quantitative estimate of drug-likeness (QED) is 0.461. The molecule has 8 nitrogen and oxygen atoms in total. The Bertz CT molecular complexity index is 1290. The average molecular weight is 462 g/mol. The number of amides is 1. The molecule has 2 aromatic heterocycles. The summed E-state index contributed by atoms with van der Waals surface area (Å²) in [6.07, 6.45) is 1.55. The van der Waals surface area contributed by atoms with Crippen LogP contribution in [0.5, 0.6) is 5.75 Å². The van der Waals surface area contributed by atoms with E-state index >= 15 is 0 Å². The largest absolute Gasteiger partial charge is 0.505 e. The van der Waals surface area contributed by atoms with Crippen LogP contribution in [0, 0.1) is 5.82 Å². The molecule has 1 atom stereocenters. The second-order valence-electron chi connectivity index (χ2n) is 8.04. The number of aliphatic hydroxyl groups is 1. The number of hydrogen-bond acceptors (Lipinski definition) is 6. The summed E-state index contributed by atoms with van der Waals surface area (Å²) in [7, 11) is 0. The molecule has 0 saturated carbocycles. The second kappa shape index (κ2) is 8.39. The lowest BCUT2D eigenvalue weighted by Crippen LogP contribution is -2.41. The zero-order valence-corrected chi connectivity index (χ0v) is 17.5. The number of halogens is 3. The minimum absolute atomic E-state index is 0.0546. The van der Waals surface area contributed by atoms with E-state index in [1.165, 1.54) is 37.4 Å². The molecule has 0 saturated heterocycles. The van der Waals surface area contributed by atoms with Crippen LogP contribution in [0.25, 0.3) is 11.0 Å². The van der Waals surface area contributed by atoms with Crippen molar-refractivity contribution in [2.24, 2.45) is 0 Å². The number of alkyl halides is 2. The third-order valence-electron chi connectivity index (χ3n) is 5.42. The van der Waals surface area contributed by atoms with Gasteiger partial charge in [-0.1, -0.05) is 12.1 Å². The molecule has 33 heavy (non-hydrogen) atoms. The van der Waals surface area contributed by atoms with E-state index in [2.05, 4.69) is 15.6 Å². The molecule has 0 radical (unpaired) electrons. The van der Waals surface area contributed by atoms with Gasteiger partial charge in [0.2, 0.25) is 0 Å². The Balaban J connectivity index is 1.93. The summed E-state index contributed by atoms with van der Waals surface area (Å²) in [6, 6.07) is 4.88. The molecule has 4 rings (SSSR count). The highest BCUT2D eigenvalue weighted by molar-refractivity contribution is 6.04. The second-order valence-corrected chi connectivity index (χ2v) is 8.04. The van der Waals surface area contributed by atoms with Crippen molar-refractivity contribution in [1.29, 1.82) is 0 Å². The van der Waals surface area contributed by atoms with Gasteiger partial charge in [0.1, 0.15) is 16.9 Å². The first kappa shape index (κ1) is 22.6. The summed E-state index contributed by atoms with van der Waals surface area (Å²) in [5.41, 5.74) is -0.785. The van der Waals surface area contributed by atoms with Gasteiger partial charge in [-0.15, -0.1) is 0 Å². The molecular weight excluding hydrogens is 441 g/mol. The highest BCUT2D eigenvalue weighted by Gasteiger charge is 2.37. The number of aliphatic hydroxyl groups excluding tert-OH is 1. The van der Waals surface area contributed by atoms with Gasteiger partial charge in [0, 0.05) is 24.2 Å². The molecule has 3 heterocycles. The van der Waals surface area contributed by atoms with Crippen molar-refractivity contribution in [3.63, 3.8) is 0 Å². The molecule has 174 valence electrons. The SMILES string of the molecule is CC(CO)NC(=O)c1c(O)c2ncc(Cc3ccc(F)cc3)c3c2n(c1=O)CC(F)(F)CN3. The minimum Gasteiger partial charge on any atom is -0.505 e. The van der Waals surface area contributed by atoms with Gasteiger partial charge >= 0.3 is 0 Å². The van der Waals surface area contributed by atoms with Gasteiger partial charge in [0.15, 0.2) is 5.75 Å². The Morgan fingerprint density at radius 3 is 2.70 bits per heavy atom. The average Bonchev–Trinajstić information content (AvgIpc) is 2.91. The van der Waals surface area contributed by atoms with Gasteiger partial charge in [-0.25, -0.2) is 13.2 Å². The standard InChI is InChI=1S/C22H21F3N4O4/c1-11(8-30)28-20(32)15-19(31)17-18-16(27-9-22(24,25)10-29(18)21(15)33)13(7-26-17)6-12-2-4-14(23)5-3-12/h2-5,7,11,27,30-31H,6,8-10H2,1H3,(H,28,32). The summed E-state index contributed by atoms with van der Waals surface area (Å²) >= 11 is 0. The Labute approximate surface area is 185 Å². The molecule has 0 spiro atoms. The highest BCUT2D eigenvalue weighted by atomic mass is 19.3. The number of nitrogens with zero attached hydrogens (tertiary/aromatic N) is 2. The number of benzene rings is 1. The van der Waals surface area contributed by atoms with Crippen molar-refractivity contribution in [2.75, 3.05) is 18.5 Å². The van der Waals surface area contributed by atoms with Crippen molar-refractivity contribution >= 4 is 22.6 Å². The normalized spacial score (nSPS) is 15.5. The summed E-state index contributed by atoms with van der Waals surface area (Å²) in [6.45, 7) is -0.766. The summed E-state index contributed by atoms with van der Waals surface area (Å²) in [5.74, 6) is -5.52. The van der Waals surface area contributed by atoms with Crippen LogP contribution < -0.4 is 16.2 Å². The van der Waals surface area contributed by atoms with E-state index in [4.69, 9.17) is 5.11 Å². The highest BCUT2D eigenvalue weighted by Crippen LogP contribution is 2.36. The lowest BCUT2D eigenvalue weighted by atomic mass is 10.0. The third kappa shape index (κ3) is 4.23. The molecule has 1 aromatic carbocycles. The van der Waals surface area contributed by atoms with Gasteiger partial charge < -0.3 is 20.8 Å². The fourth-order valence-electron chi connectivity index (χ4n) is 3.79. The van der Waals surface area contributed by atoms with Crippen LogP contribution in [-0.2, 0) is 13.0 Å². The zero-order chi connectivity index (χ0) is 23.9. The van der Waals surface area contributed by atoms with Crippen molar-refractivity contribution in [3.05, 3.63) is 63.3 Å². The maximum absolute atomic E-state index is 14.6. The summed E-state index contributed by atoms with van der Waals surface area (Å²) < 4.78 is 43.1. The smallest absolute Gasteiger partial charge is 0.282 e. The van der Waals surface area contributed by atoms with Crippen molar-refractivity contribution in [1.82, 2.24) is 14.9 Å². The number of nitrogens with one attached hydrogen (secondary N) is 2. The van der Waals surface area contributed by atoms with E-state index in [-0.39, 0.29) is 23.1 Å². The molecule has 1 aliphatic rings. The molecule has 0 aliphatic carbocycles. The van der Waals surface area contributed by atoms with Crippen LogP contribution >= 0.6 is 0 Å². The molecule has 1 aliphatic heterocycles. The van der Waals surface area contributed by atoms with Gasteiger partial charge in [-0.05, 0) is 24.6 Å². The zero-order valence-electron chi connectivity index (χ0n) is 17.5. The number of carbonyl (C=O) groups is 1. The van der Waals surface area contributed by atoms with Crippen LogP contribution in [0.15, 0.2) is 35.3 Å². The predicted octanol–water partition coefficient (Wildman–Crippen LogP) is 2.00. The molecule has 11 heteroatoms. The van der Waals surface area contributed by atoms with Crippen LogP contribution in [-0.4, -0.2) is 50.8 Å². The lowest BCUT2D eigenvalue weighted by Gasteiger charge is -2.18. The van der Waals surface area contributed by atoms with E-state index in [9.17, 15) is 27.9 Å². The van der Waals surface area contributed by atoms with Gasteiger partial charge in [-0.2, -0.15) is 0 Å². The maximum atomic E-state index is 14.6. The topological polar surface area (TPSA) is 116 Å². The lowest BCUT2D eigenvalue weighted by molar-refractivity contribution is -0.000940. The van der Waals surface area contributed by atoms with E-state index in [1.54, 1.807) is 0 Å². The first-order valence-corrected chi connectivity index (χ1v) is 10.2. The van der Waals surface area contributed by atoms with Gasteiger partial charge in [-0.3, -0.25) is 19.1 Å². The Morgan fingerprint density at radius 1 is 1.33 bits per heavy atom. The molecule has 3 aromatic rings. The first-order valence-electron chi connectivity index (χ1n) is 10.2. The summed E-state index contributed by atoms with van der Waals surface area (Å²) in [4.78, 5) is 29.9. The number of aromatic hydroxyl groups is 1. The Kier molecular flexibility index (Phi) is 5.75. The van der Waals surface area contributed by atoms with Crippen LogP contribution in [0.2, 0.25) is 0 Å². The predicted molar refractivity (Wildman–Crippen MR) is 114 cm³/mol. The number of anilines is 1. The first-order chi connectivity index (χ1) is 15.6. The number of rotatable bonds is 5. The third-order valence-corrected chi connectivity index (χ3v) is 5.42. The minimum atomic E-state index is -3.34. The van der Waals surface area contributed by atoms with E-state index in [1.807, 2.05) is 0 Å². The molecule has 0 bridgehead atoms. The van der Waals surface area contributed by atoms with Crippen LogP contribution in [0.1, 0.15) is 28.4 Å². The van der Waals surface area contributed by atoms with Crippen molar-refractivity contribution in [2.45, 2.75) is 31.9 Å². The van der Waals surface area contributed by atoms with E-state index < -0.39 is 60.3 Å². The Morgan fingerprint density at radius 2 is 2.03 bits per heavy atom. The number of carbonyl (C=O) groups excluding carboxylic acids is 1. The molecule has 0 fully saturated rings. The maximum Gasteiger partial charge on any atom is 0.282 e. The number of aromatic nitrogens is 2. The monoisotopic (exact) mass is 462 g/mol. The summed E-state index contributed by atoms with van der Waals surface area (Å²) in [5, 5.41) is 24.9. The van der Waals surface area contributed by atoms with Crippen LogP contribution in [0.4, 0.5) is 18.9 Å². The Hall–Kier alpha value is -3.60. The van der Waals surface area contributed by atoms with Gasteiger partial charge in [0.05, 0.1) is 30.9 Å². The van der Waals surface area contributed by atoms with E-state index in [0.717, 1.165) is 4.57 Å².